The van der Waals surface area contributed by atoms with E-state index in [-0.39, 0.29) is 5.91 Å². The molecule has 8 nitrogen and oxygen atoms in total. The molecule has 1 aliphatic rings. The molecule has 3 aromatic rings. The van der Waals surface area contributed by atoms with Crippen molar-refractivity contribution >= 4 is 49.2 Å². The van der Waals surface area contributed by atoms with E-state index < -0.39 is 0 Å². The van der Waals surface area contributed by atoms with Crippen LogP contribution < -0.4 is 11.2 Å². The van der Waals surface area contributed by atoms with Gasteiger partial charge in [-0.25, -0.2) is 15.0 Å². The summed E-state index contributed by atoms with van der Waals surface area (Å²) in [7, 11) is 3.96. The van der Waals surface area contributed by atoms with Crippen LogP contribution >= 0.6 is 0 Å². The molecule has 0 saturated carbocycles. The number of hydrogen-bond donors (Lipinski definition) is 1. The van der Waals surface area contributed by atoms with Gasteiger partial charge in [0.2, 0.25) is 5.91 Å². The molecule has 0 atom stereocenters. The van der Waals surface area contributed by atoms with E-state index >= 15 is 0 Å². The molecule has 0 fully saturated rings. The van der Waals surface area contributed by atoms with E-state index in [1.165, 1.54) is 0 Å². The molecule has 0 saturated heterocycles. The summed E-state index contributed by atoms with van der Waals surface area (Å²) in [6, 6.07) is 11.6. The first kappa shape index (κ1) is 29.5. The molecule has 9 heteroatoms. The maximum Gasteiger partial charge on any atom is 0.250 e. The van der Waals surface area contributed by atoms with Gasteiger partial charge in [0.05, 0.1) is 12.2 Å². The molecule has 0 aliphatic carbocycles. The first-order valence-electron chi connectivity index (χ1n) is 14.0. The quantitative estimate of drug-likeness (QED) is 0.289. The summed E-state index contributed by atoms with van der Waals surface area (Å²) in [5.74, 6) is 1.15. The Kier molecular flexibility index (Phi) is 9.84. The zero-order valence-corrected chi connectivity index (χ0v) is 24.3. The van der Waals surface area contributed by atoms with E-state index in [4.69, 9.17) is 10.7 Å². The van der Waals surface area contributed by atoms with E-state index in [0.717, 1.165) is 65.6 Å². The minimum atomic E-state index is 0.0212. The van der Waals surface area contributed by atoms with Gasteiger partial charge in [-0.15, -0.1) is 0 Å². The van der Waals surface area contributed by atoms with Crippen molar-refractivity contribution < 1.29 is 9.59 Å². The maximum atomic E-state index is 13.4. The van der Waals surface area contributed by atoms with Gasteiger partial charge in [0, 0.05) is 50.1 Å². The number of aromatic nitrogens is 2. The summed E-state index contributed by atoms with van der Waals surface area (Å²) in [5.41, 5.74) is 12.9. The fourth-order valence-corrected chi connectivity index (χ4v) is 4.94. The third kappa shape index (κ3) is 7.36. The van der Waals surface area contributed by atoms with Gasteiger partial charge in [-0.1, -0.05) is 37.5 Å². The van der Waals surface area contributed by atoms with Crippen LogP contribution in [0.5, 0.6) is 0 Å². The van der Waals surface area contributed by atoms with E-state index in [0.29, 0.717) is 35.8 Å². The number of nitrogens with two attached hydrogens (primary N) is 1. The monoisotopic (exact) mass is 548 g/mol. The number of carbonyl (C=O) groups is 2. The fraction of sp³-hybridized carbons (Fsp3) is 0.281. The predicted molar refractivity (Wildman–Crippen MR) is 169 cm³/mol. The van der Waals surface area contributed by atoms with Gasteiger partial charge in [-0.05, 0) is 71.6 Å². The molecule has 2 aromatic carbocycles. The largest absolute Gasteiger partial charge is 0.387 e. The molecule has 1 aliphatic heterocycles. The van der Waals surface area contributed by atoms with E-state index in [9.17, 15) is 9.59 Å². The van der Waals surface area contributed by atoms with E-state index in [1.54, 1.807) is 18.5 Å². The molecule has 4 rings (SSSR count). The Morgan fingerprint density at radius 2 is 1.78 bits per heavy atom. The lowest BCUT2D eigenvalue weighted by molar-refractivity contribution is -0.127. The maximum absolute atomic E-state index is 13.4. The molecule has 2 heterocycles. The average Bonchev–Trinajstić information content (AvgIpc) is 3.14. The summed E-state index contributed by atoms with van der Waals surface area (Å²) in [5, 5.41) is 0. The highest BCUT2D eigenvalue weighted by molar-refractivity contribution is 6.35. The average molecular weight is 549 g/mol. The lowest BCUT2D eigenvalue weighted by Crippen LogP contribution is -2.34. The number of benzene rings is 2. The summed E-state index contributed by atoms with van der Waals surface area (Å²) in [6.45, 7) is 6.14. The highest BCUT2D eigenvalue weighted by Gasteiger charge is 2.22. The second-order valence-electron chi connectivity index (χ2n) is 10.3. The molecule has 1 amide bonds. The highest BCUT2D eigenvalue weighted by Crippen LogP contribution is 2.32. The van der Waals surface area contributed by atoms with Gasteiger partial charge in [-0.3, -0.25) is 9.59 Å². The normalized spacial score (nSPS) is 12.8. The summed E-state index contributed by atoms with van der Waals surface area (Å²) in [4.78, 5) is 42.3. The number of aliphatic imine (C=N–C) groups is 1. The first-order valence-corrected chi connectivity index (χ1v) is 14.0. The molecular formula is C32H37BN6O2. The van der Waals surface area contributed by atoms with Gasteiger partial charge in [-0.2, -0.15) is 0 Å². The summed E-state index contributed by atoms with van der Waals surface area (Å²) >= 11 is 0. The molecule has 1 aromatic heterocycles. The Bertz CT molecular complexity index is 1490. The fourth-order valence-electron chi connectivity index (χ4n) is 4.94. The van der Waals surface area contributed by atoms with Crippen LogP contribution in [0.15, 0.2) is 65.6 Å². The minimum Gasteiger partial charge on any atom is -0.387 e. The molecule has 41 heavy (non-hydrogen) atoms. The molecule has 0 bridgehead atoms. The number of carbonyl (C=O) groups excluding carboxylic acids is 2. The van der Waals surface area contributed by atoms with Crippen molar-refractivity contribution in [1.29, 1.82) is 0 Å². The topological polar surface area (TPSA) is 105 Å². The van der Waals surface area contributed by atoms with Crippen LogP contribution in [0.3, 0.4) is 0 Å². The Morgan fingerprint density at radius 1 is 1.05 bits per heavy atom. The molecular weight excluding hydrogens is 511 g/mol. The lowest BCUT2D eigenvalue weighted by Gasteiger charge is -2.22. The predicted octanol–water partition coefficient (Wildman–Crippen LogP) is 3.74. The van der Waals surface area contributed by atoms with Gasteiger partial charge in [0.1, 0.15) is 19.5 Å². The zero-order valence-electron chi connectivity index (χ0n) is 24.3. The molecule has 0 radical (unpaired) electrons. The van der Waals surface area contributed by atoms with Crippen molar-refractivity contribution in [3.63, 3.8) is 0 Å². The van der Waals surface area contributed by atoms with Crippen LogP contribution in [-0.4, -0.2) is 65.8 Å². The summed E-state index contributed by atoms with van der Waals surface area (Å²) < 4.78 is 0. The Morgan fingerprint density at radius 3 is 2.46 bits per heavy atom. The molecule has 0 spiro atoms. The summed E-state index contributed by atoms with van der Waals surface area (Å²) in [6.07, 6.45) is 12.2. The van der Waals surface area contributed by atoms with E-state index in [1.807, 2.05) is 67.3 Å². The Balaban J connectivity index is 1.66. The first-order chi connectivity index (χ1) is 19.8. The Labute approximate surface area is 243 Å². The molecule has 2 N–H and O–H groups in total. The second kappa shape index (κ2) is 13.7. The van der Waals surface area contributed by atoms with Crippen molar-refractivity contribution in [2.75, 3.05) is 20.1 Å². The number of amides is 1. The number of hydrogen-bond acceptors (Lipinski definition) is 7. The van der Waals surface area contributed by atoms with Crippen molar-refractivity contribution in [1.82, 2.24) is 19.8 Å². The van der Waals surface area contributed by atoms with Crippen LogP contribution in [0.4, 0.5) is 5.69 Å². The smallest absolute Gasteiger partial charge is 0.250 e. The van der Waals surface area contributed by atoms with E-state index in [2.05, 4.69) is 29.9 Å². The standard InChI is InChI=1S/C32H37BN6O2/c1-4-12-39(13-5-2)32(41)26-16-27-28(33)17-25(18-29(27)37-30(34)19-26)22-7-8-24(21-40)23(15-22)9-14-38(3)20-31-35-10-6-11-36-31/h6-11,14-18,21H,4-5,12-13,19-20,33H2,1-3H3,(H2,34,37)/b14-9-. The number of nitrogens with zero attached hydrogens (tertiary/aromatic N) is 5. The SMILES string of the molecule is Bc1cc(-c2ccc(C=O)c(/C=C\N(C)Cc3ncccn3)c2)cc2c1C=C(C(=O)N(CCC)CCC)CC(N)=N2. The number of rotatable bonds is 11. The van der Waals surface area contributed by atoms with Gasteiger partial charge >= 0.3 is 0 Å². The number of fused-ring (bicyclic) bond motifs is 1. The third-order valence-electron chi connectivity index (χ3n) is 6.93. The van der Waals surface area contributed by atoms with Crippen LogP contribution in [0.1, 0.15) is 60.4 Å². The van der Waals surface area contributed by atoms with Gasteiger partial charge in [0.15, 0.2) is 6.29 Å². The molecule has 210 valence electrons. The van der Waals surface area contributed by atoms with Crippen molar-refractivity contribution in [3.05, 3.63) is 83.1 Å². The minimum absolute atomic E-state index is 0.0212. The van der Waals surface area contributed by atoms with Crippen molar-refractivity contribution in [2.45, 2.75) is 39.7 Å². The zero-order chi connectivity index (χ0) is 29.4. The third-order valence-corrected chi connectivity index (χ3v) is 6.93. The van der Waals surface area contributed by atoms with Crippen LogP contribution in [-0.2, 0) is 11.3 Å². The lowest BCUT2D eigenvalue weighted by atomic mass is 9.85. The van der Waals surface area contributed by atoms with Crippen molar-refractivity contribution in [3.8, 4) is 11.1 Å². The van der Waals surface area contributed by atoms with Crippen LogP contribution in [0.2, 0.25) is 0 Å². The van der Waals surface area contributed by atoms with Gasteiger partial charge in [0.25, 0.3) is 0 Å². The second-order valence-corrected chi connectivity index (χ2v) is 10.3. The van der Waals surface area contributed by atoms with Crippen molar-refractivity contribution in [2.24, 2.45) is 10.7 Å². The van der Waals surface area contributed by atoms with Gasteiger partial charge < -0.3 is 15.5 Å². The highest BCUT2D eigenvalue weighted by atomic mass is 16.2. The van der Waals surface area contributed by atoms with Crippen LogP contribution in [0, 0.1) is 0 Å². The molecule has 0 unspecified atom stereocenters. The number of aldehydes is 1. The Hall–Kier alpha value is -4.53. The number of amidine groups is 1. The van der Waals surface area contributed by atoms with Crippen LogP contribution in [0.25, 0.3) is 23.3 Å².